The first-order chi connectivity index (χ1) is 19.3. The van der Waals surface area contributed by atoms with Gasteiger partial charge in [-0.25, -0.2) is 0 Å². The molecule has 3 aliphatic heterocycles. The lowest BCUT2D eigenvalue weighted by Crippen LogP contribution is -2.49. The third kappa shape index (κ3) is 4.82. The maximum Gasteiger partial charge on any atom is 0.261 e. The first kappa shape index (κ1) is 27.0. The maximum absolute atomic E-state index is 14.0. The van der Waals surface area contributed by atoms with Crippen LogP contribution in [0.5, 0.6) is 5.75 Å². The molecular formula is C31H34BrN3O5. The third-order valence-electron chi connectivity index (χ3n) is 8.93. The number of amides is 4. The molecule has 0 bridgehead atoms. The molecule has 4 aliphatic rings. The van der Waals surface area contributed by atoms with Gasteiger partial charge in [-0.2, -0.15) is 0 Å². The molecule has 210 valence electrons. The van der Waals surface area contributed by atoms with Gasteiger partial charge in [0.15, 0.2) is 0 Å². The Kier molecular flexibility index (Phi) is 7.42. The second kappa shape index (κ2) is 11.0. The molecule has 0 unspecified atom stereocenters. The summed E-state index contributed by atoms with van der Waals surface area (Å²) in [6.45, 7) is 3.29. The highest BCUT2D eigenvalue weighted by Gasteiger charge is 2.43. The van der Waals surface area contributed by atoms with E-state index in [1.807, 2.05) is 17.0 Å². The summed E-state index contributed by atoms with van der Waals surface area (Å²) < 4.78 is 7.47. The molecule has 2 atom stereocenters. The van der Waals surface area contributed by atoms with Gasteiger partial charge < -0.3 is 14.5 Å². The quantitative estimate of drug-likeness (QED) is 0.458. The Morgan fingerprint density at radius 3 is 2.30 bits per heavy atom. The summed E-state index contributed by atoms with van der Waals surface area (Å²) in [5, 5.41) is 0. The second-order valence-corrected chi connectivity index (χ2v) is 12.2. The Hall–Kier alpha value is -3.20. The van der Waals surface area contributed by atoms with Crippen LogP contribution in [-0.2, 0) is 16.0 Å². The molecule has 0 radical (unpaired) electrons. The van der Waals surface area contributed by atoms with E-state index in [2.05, 4.69) is 15.9 Å². The number of hydrogen-bond donors (Lipinski definition) is 0. The van der Waals surface area contributed by atoms with Crippen LogP contribution in [-0.4, -0.2) is 70.6 Å². The van der Waals surface area contributed by atoms with E-state index >= 15 is 0 Å². The molecule has 2 fully saturated rings. The van der Waals surface area contributed by atoms with Gasteiger partial charge >= 0.3 is 0 Å². The van der Waals surface area contributed by atoms with Crippen LogP contribution < -0.4 is 4.74 Å². The minimum absolute atomic E-state index is 0.0247. The van der Waals surface area contributed by atoms with Crippen LogP contribution in [0.4, 0.5) is 0 Å². The molecule has 1 saturated carbocycles. The summed E-state index contributed by atoms with van der Waals surface area (Å²) in [6, 6.07) is 10.2. The van der Waals surface area contributed by atoms with E-state index in [0.29, 0.717) is 42.9 Å². The zero-order valence-electron chi connectivity index (χ0n) is 22.7. The van der Waals surface area contributed by atoms with Crippen molar-refractivity contribution in [2.75, 3.05) is 26.2 Å². The molecule has 40 heavy (non-hydrogen) atoms. The third-order valence-corrected chi connectivity index (χ3v) is 9.67. The normalized spacial score (nSPS) is 22.9. The van der Waals surface area contributed by atoms with Crippen molar-refractivity contribution in [1.29, 1.82) is 0 Å². The molecule has 0 spiro atoms. The molecule has 6 rings (SSSR count). The number of carbonyl (C=O) groups excluding carboxylic acids is 4. The van der Waals surface area contributed by atoms with Gasteiger partial charge in [-0.3, -0.25) is 24.1 Å². The van der Waals surface area contributed by atoms with Crippen molar-refractivity contribution < 1.29 is 23.9 Å². The number of fused-ring (bicyclic) bond motifs is 2. The van der Waals surface area contributed by atoms with Crippen molar-refractivity contribution in [3.63, 3.8) is 0 Å². The predicted octanol–water partition coefficient (Wildman–Crippen LogP) is 4.75. The monoisotopic (exact) mass is 607 g/mol. The SMILES string of the molecule is CC(=O)N1CC[C@H](Oc2ccc(Br)c3c2[C@@H](CN2C(=O)c4ccccc4C2=O)N(C(=O)C2CCCCC2)CC3)C1. The zero-order valence-corrected chi connectivity index (χ0v) is 24.3. The van der Waals surface area contributed by atoms with Gasteiger partial charge in [0.25, 0.3) is 11.8 Å². The predicted molar refractivity (Wildman–Crippen MR) is 152 cm³/mol. The number of hydrogen-bond acceptors (Lipinski definition) is 5. The topological polar surface area (TPSA) is 87.2 Å². The summed E-state index contributed by atoms with van der Waals surface area (Å²) in [6.07, 6.45) is 6.16. The highest BCUT2D eigenvalue weighted by molar-refractivity contribution is 9.10. The van der Waals surface area contributed by atoms with E-state index in [4.69, 9.17) is 4.74 Å². The molecule has 2 aromatic rings. The van der Waals surface area contributed by atoms with E-state index in [-0.39, 0.29) is 42.2 Å². The number of halogens is 1. The lowest BCUT2D eigenvalue weighted by molar-refractivity contribution is -0.140. The number of benzene rings is 2. The number of nitrogens with zero attached hydrogens (tertiary/aromatic N) is 3. The fourth-order valence-electron chi connectivity index (χ4n) is 6.79. The zero-order chi connectivity index (χ0) is 28.0. The number of rotatable bonds is 5. The average molecular weight is 609 g/mol. The minimum Gasteiger partial charge on any atom is -0.488 e. The van der Waals surface area contributed by atoms with E-state index < -0.39 is 6.04 Å². The van der Waals surface area contributed by atoms with Crippen LogP contribution in [0.1, 0.15) is 83.3 Å². The van der Waals surface area contributed by atoms with Crippen molar-refractivity contribution in [1.82, 2.24) is 14.7 Å². The first-order valence-corrected chi connectivity index (χ1v) is 15.1. The Bertz CT molecular complexity index is 1340. The van der Waals surface area contributed by atoms with Crippen LogP contribution in [0.15, 0.2) is 40.9 Å². The largest absolute Gasteiger partial charge is 0.488 e. The van der Waals surface area contributed by atoms with Crippen molar-refractivity contribution in [2.45, 2.75) is 64.0 Å². The maximum atomic E-state index is 14.0. The molecule has 4 amide bonds. The number of ether oxygens (including phenoxy) is 1. The molecule has 0 N–H and O–H groups in total. The van der Waals surface area contributed by atoms with Crippen molar-refractivity contribution >= 4 is 39.6 Å². The van der Waals surface area contributed by atoms with E-state index in [0.717, 1.165) is 54.1 Å². The summed E-state index contributed by atoms with van der Waals surface area (Å²) >= 11 is 3.72. The molecule has 2 aromatic carbocycles. The standard InChI is InChI=1S/C31H34BrN3O5/c1-19(36)33-15-13-21(17-33)40-27-12-11-25(32)24-14-16-34(29(37)20-7-3-2-4-8-20)26(28(24)27)18-35-30(38)22-9-5-6-10-23(22)31(35)39/h5-6,9-12,20-21,26H,2-4,7-8,13-18H2,1H3/t21-,26+/m0/s1. The lowest BCUT2D eigenvalue weighted by Gasteiger charge is -2.42. The Balaban J connectivity index is 1.38. The Morgan fingerprint density at radius 2 is 1.65 bits per heavy atom. The molecule has 8 nitrogen and oxygen atoms in total. The molecule has 0 aromatic heterocycles. The minimum atomic E-state index is -0.529. The van der Waals surface area contributed by atoms with Gasteiger partial charge in [-0.1, -0.05) is 47.3 Å². The molecular weight excluding hydrogens is 574 g/mol. The van der Waals surface area contributed by atoms with Gasteiger partial charge in [0.2, 0.25) is 11.8 Å². The number of imide groups is 1. The number of carbonyl (C=O) groups is 4. The van der Waals surface area contributed by atoms with Crippen LogP contribution in [0, 0.1) is 5.92 Å². The Morgan fingerprint density at radius 1 is 0.950 bits per heavy atom. The summed E-state index contributed by atoms with van der Waals surface area (Å²) in [7, 11) is 0. The van der Waals surface area contributed by atoms with Gasteiger partial charge in [0, 0.05) is 42.4 Å². The fraction of sp³-hybridized carbons (Fsp3) is 0.484. The van der Waals surface area contributed by atoms with Gasteiger partial charge in [0.1, 0.15) is 11.9 Å². The van der Waals surface area contributed by atoms with Crippen molar-refractivity contribution in [3.8, 4) is 5.75 Å². The van der Waals surface area contributed by atoms with Crippen molar-refractivity contribution in [2.24, 2.45) is 5.92 Å². The summed E-state index contributed by atoms with van der Waals surface area (Å²) in [4.78, 5) is 57.8. The van der Waals surface area contributed by atoms with Gasteiger partial charge in [-0.15, -0.1) is 0 Å². The lowest BCUT2D eigenvalue weighted by atomic mass is 9.85. The average Bonchev–Trinajstić information content (AvgIpc) is 3.54. The van der Waals surface area contributed by atoms with E-state index in [9.17, 15) is 19.2 Å². The summed E-state index contributed by atoms with van der Waals surface area (Å²) in [5.74, 6) is 0.0660. The van der Waals surface area contributed by atoms with Crippen LogP contribution >= 0.6 is 15.9 Å². The van der Waals surface area contributed by atoms with Crippen molar-refractivity contribution in [3.05, 3.63) is 63.1 Å². The first-order valence-electron chi connectivity index (χ1n) is 14.3. The molecule has 3 heterocycles. The highest BCUT2D eigenvalue weighted by Crippen LogP contribution is 2.43. The number of likely N-dealkylation sites (tertiary alicyclic amines) is 1. The van der Waals surface area contributed by atoms with Gasteiger partial charge in [-0.05, 0) is 49.1 Å². The second-order valence-electron chi connectivity index (χ2n) is 11.3. The highest BCUT2D eigenvalue weighted by atomic mass is 79.9. The molecule has 1 saturated heterocycles. The fourth-order valence-corrected chi connectivity index (χ4v) is 7.33. The Labute approximate surface area is 242 Å². The summed E-state index contributed by atoms with van der Waals surface area (Å²) in [5.41, 5.74) is 2.68. The van der Waals surface area contributed by atoms with E-state index in [1.54, 1.807) is 36.1 Å². The van der Waals surface area contributed by atoms with Gasteiger partial charge in [0.05, 0.1) is 30.3 Å². The molecule has 1 aliphatic carbocycles. The van der Waals surface area contributed by atoms with E-state index in [1.165, 1.54) is 4.90 Å². The molecule has 9 heteroatoms. The van der Waals surface area contributed by atoms with Crippen LogP contribution in [0.3, 0.4) is 0 Å². The van der Waals surface area contributed by atoms with Crippen LogP contribution in [0.2, 0.25) is 0 Å². The van der Waals surface area contributed by atoms with Crippen LogP contribution in [0.25, 0.3) is 0 Å². The smallest absolute Gasteiger partial charge is 0.261 e.